The molecule has 0 aromatic carbocycles. The van der Waals surface area contributed by atoms with Crippen LogP contribution in [0.15, 0.2) is 12.1 Å². The van der Waals surface area contributed by atoms with E-state index in [0.717, 1.165) is 17.7 Å². The lowest BCUT2D eigenvalue weighted by molar-refractivity contribution is 0.0215. The van der Waals surface area contributed by atoms with E-state index in [9.17, 15) is 5.11 Å². The van der Waals surface area contributed by atoms with Crippen LogP contribution in [0.3, 0.4) is 0 Å². The Labute approximate surface area is 100 Å². The molecule has 0 saturated carbocycles. The number of aliphatic hydroxyl groups excluding tert-OH is 1. The molecule has 0 aliphatic carbocycles. The fourth-order valence-corrected chi connectivity index (χ4v) is 3.23. The summed E-state index contributed by atoms with van der Waals surface area (Å²) in [6, 6.07) is 4.10. The molecule has 1 fully saturated rings. The Morgan fingerprint density at radius 3 is 2.94 bits per heavy atom. The van der Waals surface area contributed by atoms with Crippen LogP contribution in [0.5, 0.6) is 0 Å². The lowest BCUT2D eigenvalue weighted by Crippen LogP contribution is -2.37. The second-order valence-corrected chi connectivity index (χ2v) is 5.63. The van der Waals surface area contributed by atoms with E-state index in [0.29, 0.717) is 19.8 Å². The maximum atomic E-state index is 10.4. The summed E-state index contributed by atoms with van der Waals surface area (Å²) >= 11 is 1.68. The van der Waals surface area contributed by atoms with Crippen LogP contribution < -0.4 is 5.73 Å². The van der Waals surface area contributed by atoms with Gasteiger partial charge in [0, 0.05) is 28.3 Å². The summed E-state index contributed by atoms with van der Waals surface area (Å²) in [6.07, 6.45) is 1.39. The highest BCUT2D eigenvalue weighted by atomic mass is 32.1. The molecule has 90 valence electrons. The Balaban J connectivity index is 2.19. The van der Waals surface area contributed by atoms with Gasteiger partial charge in [0.05, 0.1) is 12.7 Å². The number of hydrogen-bond acceptors (Lipinski definition) is 4. The predicted octanol–water partition coefficient (Wildman–Crippen LogP) is 1.71. The number of nitrogens with two attached hydrogens (primary N) is 1. The van der Waals surface area contributed by atoms with E-state index < -0.39 is 6.10 Å². The second kappa shape index (κ2) is 4.84. The SMILES string of the molecule is CCc1ccc(C(O)C2(CN)CCOC2)s1. The summed E-state index contributed by atoms with van der Waals surface area (Å²) in [6.45, 7) is 3.89. The van der Waals surface area contributed by atoms with Gasteiger partial charge in [-0.15, -0.1) is 11.3 Å². The van der Waals surface area contributed by atoms with Crippen LogP contribution in [0.4, 0.5) is 0 Å². The van der Waals surface area contributed by atoms with Crippen molar-refractivity contribution in [2.24, 2.45) is 11.1 Å². The molecular formula is C12H19NO2S. The fraction of sp³-hybridized carbons (Fsp3) is 0.667. The van der Waals surface area contributed by atoms with E-state index in [4.69, 9.17) is 10.5 Å². The first-order chi connectivity index (χ1) is 7.72. The minimum absolute atomic E-state index is 0.268. The standard InChI is InChI=1S/C12H19NO2S/c1-2-9-3-4-10(16-9)11(14)12(7-13)5-6-15-8-12/h3-4,11,14H,2,5-8,13H2,1H3. The molecule has 0 amide bonds. The Morgan fingerprint density at radius 2 is 2.44 bits per heavy atom. The molecule has 0 spiro atoms. The lowest BCUT2D eigenvalue weighted by atomic mass is 9.81. The molecule has 2 atom stereocenters. The molecule has 1 aromatic rings. The molecule has 16 heavy (non-hydrogen) atoms. The van der Waals surface area contributed by atoms with Gasteiger partial charge in [-0.3, -0.25) is 0 Å². The van der Waals surface area contributed by atoms with Gasteiger partial charge in [0.25, 0.3) is 0 Å². The highest BCUT2D eigenvalue weighted by Crippen LogP contribution is 2.42. The zero-order valence-corrected chi connectivity index (χ0v) is 10.4. The summed E-state index contributed by atoms with van der Waals surface area (Å²) in [4.78, 5) is 2.33. The number of aryl methyl sites for hydroxylation is 1. The zero-order valence-electron chi connectivity index (χ0n) is 9.61. The van der Waals surface area contributed by atoms with E-state index >= 15 is 0 Å². The Morgan fingerprint density at radius 1 is 1.62 bits per heavy atom. The molecule has 1 saturated heterocycles. The van der Waals surface area contributed by atoms with Crippen molar-refractivity contribution in [1.29, 1.82) is 0 Å². The lowest BCUT2D eigenvalue weighted by Gasteiger charge is -2.30. The summed E-state index contributed by atoms with van der Waals surface area (Å²) in [7, 11) is 0. The molecule has 3 N–H and O–H groups in total. The summed E-state index contributed by atoms with van der Waals surface area (Å²) in [5, 5.41) is 10.4. The molecule has 1 aromatic heterocycles. The van der Waals surface area contributed by atoms with Crippen molar-refractivity contribution in [2.45, 2.75) is 25.9 Å². The molecule has 3 nitrogen and oxygen atoms in total. The maximum absolute atomic E-state index is 10.4. The maximum Gasteiger partial charge on any atom is 0.0973 e. The quantitative estimate of drug-likeness (QED) is 0.843. The molecule has 0 radical (unpaired) electrons. The smallest absolute Gasteiger partial charge is 0.0973 e. The van der Waals surface area contributed by atoms with Gasteiger partial charge in [-0.05, 0) is 25.0 Å². The van der Waals surface area contributed by atoms with Crippen LogP contribution in [0.1, 0.15) is 29.2 Å². The highest BCUT2D eigenvalue weighted by molar-refractivity contribution is 7.12. The van der Waals surface area contributed by atoms with Crippen LogP contribution in [0.25, 0.3) is 0 Å². The molecule has 1 aliphatic rings. The summed E-state index contributed by atoms with van der Waals surface area (Å²) < 4.78 is 5.39. The first-order valence-electron chi connectivity index (χ1n) is 5.76. The monoisotopic (exact) mass is 241 g/mol. The van der Waals surface area contributed by atoms with Crippen LogP contribution in [-0.2, 0) is 11.2 Å². The molecule has 2 rings (SSSR count). The van der Waals surface area contributed by atoms with Gasteiger partial charge in [0.15, 0.2) is 0 Å². The molecule has 2 unspecified atom stereocenters. The van der Waals surface area contributed by atoms with E-state index in [-0.39, 0.29) is 5.41 Å². The number of thiophene rings is 1. The first-order valence-corrected chi connectivity index (χ1v) is 6.58. The third-order valence-corrected chi connectivity index (χ3v) is 4.70. The van der Waals surface area contributed by atoms with Crippen LogP contribution in [0.2, 0.25) is 0 Å². The number of ether oxygens (including phenoxy) is 1. The van der Waals surface area contributed by atoms with Gasteiger partial charge in [-0.1, -0.05) is 6.92 Å². The predicted molar refractivity (Wildman–Crippen MR) is 65.6 cm³/mol. The van der Waals surface area contributed by atoms with Crippen molar-refractivity contribution in [3.63, 3.8) is 0 Å². The normalized spacial score (nSPS) is 27.2. The third kappa shape index (κ3) is 2.02. The minimum atomic E-state index is -0.481. The molecule has 2 heterocycles. The van der Waals surface area contributed by atoms with Gasteiger partial charge in [-0.25, -0.2) is 0 Å². The van der Waals surface area contributed by atoms with E-state index in [1.165, 1.54) is 4.88 Å². The molecule has 4 heteroatoms. The van der Waals surface area contributed by atoms with Crippen LogP contribution in [-0.4, -0.2) is 24.9 Å². The summed E-state index contributed by atoms with van der Waals surface area (Å²) in [5.74, 6) is 0. The second-order valence-electron chi connectivity index (χ2n) is 4.43. The van der Waals surface area contributed by atoms with Gasteiger partial charge in [0.1, 0.15) is 0 Å². The highest BCUT2D eigenvalue weighted by Gasteiger charge is 2.41. The van der Waals surface area contributed by atoms with Crippen molar-refractivity contribution >= 4 is 11.3 Å². The first kappa shape index (κ1) is 12.0. The number of rotatable bonds is 4. The van der Waals surface area contributed by atoms with Gasteiger partial charge < -0.3 is 15.6 Å². The van der Waals surface area contributed by atoms with Crippen molar-refractivity contribution < 1.29 is 9.84 Å². The zero-order chi connectivity index (χ0) is 11.6. The minimum Gasteiger partial charge on any atom is -0.387 e. The average Bonchev–Trinajstić information content (AvgIpc) is 2.98. The molecular weight excluding hydrogens is 222 g/mol. The fourth-order valence-electron chi connectivity index (χ4n) is 2.14. The van der Waals surface area contributed by atoms with Crippen molar-refractivity contribution in [3.05, 3.63) is 21.9 Å². The largest absolute Gasteiger partial charge is 0.387 e. The molecule has 0 bridgehead atoms. The van der Waals surface area contributed by atoms with E-state index in [2.05, 4.69) is 13.0 Å². The van der Waals surface area contributed by atoms with Crippen molar-refractivity contribution in [2.75, 3.05) is 19.8 Å². The van der Waals surface area contributed by atoms with E-state index in [1.807, 2.05) is 6.07 Å². The van der Waals surface area contributed by atoms with Crippen molar-refractivity contribution in [3.8, 4) is 0 Å². The average molecular weight is 241 g/mol. The third-order valence-electron chi connectivity index (χ3n) is 3.42. The van der Waals surface area contributed by atoms with Gasteiger partial charge in [0.2, 0.25) is 0 Å². The topological polar surface area (TPSA) is 55.5 Å². The van der Waals surface area contributed by atoms with Gasteiger partial charge >= 0.3 is 0 Å². The Kier molecular flexibility index (Phi) is 3.64. The Bertz CT molecular complexity index is 345. The van der Waals surface area contributed by atoms with Crippen LogP contribution in [0, 0.1) is 5.41 Å². The summed E-state index contributed by atoms with van der Waals surface area (Å²) in [5.41, 5.74) is 5.54. The number of aliphatic hydroxyl groups is 1. The van der Waals surface area contributed by atoms with Crippen molar-refractivity contribution in [1.82, 2.24) is 0 Å². The van der Waals surface area contributed by atoms with Gasteiger partial charge in [-0.2, -0.15) is 0 Å². The molecule has 1 aliphatic heterocycles. The number of hydrogen-bond donors (Lipinski definition) is 2. The van der Waals surface area contributed by atoms with E-state index in [1.54, 1.807) is 11.3 Å². The van der Waals surface area contributed by atoms with Crippen LogP contribution >= 0.6 is 11.3 Å². The Hall–Kier alpha value is -0.420.